The Labute approximate surface area is 159 Å². The van der Waals surface area contributed by atoms with Crippen LogP contribution < -0.4 is 5.32 Å². The Bertz CT molecular complexity index is 182. The predicted molar refractivity (Wildman–Crippen MR) is 112 cm³/mol. The van der Waals surface area contributed by atoms with Crippen molar-refractivity contribution in [3.8, 4) is 0 Å². The molecule has 0 fully saturated rings. The minimum absolute atomic E-state index is 0. The monoisotopic (exact) mass is 363 g/mol. The van der Waals surface area contributed by atoms with Gasteiger partial charge in [-0.25, -0.2) is 0 Å². The van der Waals surface area contributed by atoms with E-state index in [-0.39, 0.29) is 12.4 Å². The largest absolute Gasteiger partial charge is 0.380 e. The summed E-state index contributed by atoms with van der Waals surface area (Å²) in [5, 5.41) is 3.10. The molecular weight excluding hydrogens is 318 g/mol. The summed E-state index contributed by atoms with van der Waals surface area (Å²) in [5.74, 6) is 0. The zero-order valence-electron chi connectivity index (χ0n) is 16.8. The average molecular weight is 364 g/mol. The van der Waals surface area contributed by atoms with E-state index in [2.05, 4.69) is 12.2 Å². The highest BCUT2D eigenvalue weighted by molar-refractivity contribution is 5.85. The molecule has 0 aliphatic rings. The first-order valence-corrected chi connectivity index (χ1v) is 10.6. The van der Waals surface area contributed by atoms with E-state index in [9.17, 15) is 0 Å². The summed E-state index contributed by atoms with van der Waals surface area (Å²) < 4.78 is 5.53. The van der Waals surface area contributed by atoms with Gasteiger partial charge in [0.15, 0.2) is 0 Å². The molecule has 24 heavy (non-hydrogen) atoms. The molecule has 0 atom stereocenters. The van der Waals surface area contributed by atoms with Gasteiger partial charge in [-0.3, -0.25) is 0 Å². The van der Waals surface area contributed by atoms with Crippen molar-refractivity contribution in [1.82, 2.24) is 5.32 Å². The van der Waals surface area contributed by atoms with Crippen molar-refractivity contribution in [3.05, 3.63) is 0 Å². The maximum absolute atomic E-state index is 5.53. The molecule has 0 aliphatic carbocycles. The summed E-state index contributed by atoms with van der Waals surface area (Å²) in [6.45, 7) is 5.06. The summed E-state index contributed by atoms with van der Waals surface area (Å²) in [6.07, 6.45) is 22.8. The maximum atomic E-state index is 5.53. The second-order valence-corrected chi connectivity index (χ2v) is 7.02. The molecule has 2 nitrogen and oxygen atoms in total. The molecule has 0 unspecified atom stereocenters. The molecule has 0 aromatic carbocycles. The highest BCUT2D eigenvalue weighted by Gasteiger charge is 1.94. The molecule has 0 bridgehead atoms. The van der Waals surface area contributed by atoms with E-state index >= 15 is 0 Å². The number of likely N-dealkylation sites (N-methyl/N-ethyl adjacent to an activating group) is 1. The van der Waals surface area contributed by atoms with Gasteiger partial charge in [-0.05, 0) is 13.5 Å². The number of rotatable bonds is 20. The quantitative estimate of drug-likeness (QED) is 0.237. The van der Waals surface area contributed by atoms with Gasteiger partial charge in [0.2, 0.25) is 0 Å². The number of unbranched alkanes of at least 4 members (excludes halogenated alkanes) is 15. The SMILES string of the molecule is CCCCCCCCCCCCCCCCCCOCCNC.Cl. The zero-order chi connectivity index (χ0) is 16.8. The maximum Gasteiger partial charge on any atom is 0.0590 e. The van der Waals surface area contributed by atoms with E-state index in [4.69, 9.17) is 4.74 Å². The number of halogens is 1. The summed E-state index contributed by atoms with van der Waals surface area (Å²) in [6, 6.07) is 0. The Kier molecular flexibility index (Phi) is 28.0. The molecule has 0 aromatic rings. The first-order chi connectivity index (χ1) is 11.4. The number of hydrogen-bond donors (Lipinski definition) is 1. The predicted octanol–water partition coefficient (Wildman–Crippen LogP) is 6.91. The molecule has 148 valence electrons. The number of ether oxygens (including phenoxy) is 1. The Morgan fingerprint density at radius 1 is 0.542 bits per heavy atom. The molecule has 1 N–H and O–H groups in total. The minimum Gasteiger partial charge on any atom is -0.380 e. The molecule has 0 amide bonds. The van der Waals surface area contributed by atoms with Crippen LogP contribution in [0.3, 0.4) is 0 Å². The normalized spacial score (nSPS) is 10.8. The van der Waals surface area contributed by atoms with Crippen LogP contribution in [0.2, 0.25) is 0 Å². The smallest absolute Gasteiger partial charge is 0.0590 e. The Hall–Kier alpha value is 0.210. The van der Waals surface area contributed by atoms with Crippen molar-refractivity contribution in [2.75, 3.05) is 26.8 Å². The molecule has 0 rings (SSSR count). The van der Waals surface area contributed by atoms with Crippen molar-refractivity contribution in [2.24, 2.45) is 0 Å². The molecule has 0 saturated carbocycles. The van der Waals surface area contributed by atoms with Crippen molar-refractivity contribution in [3.63, 3.8) is 0 Å². The topological polar surface area (TPSA) is 21.3 Å². The van der Waals surface area contributed by atoms with Gasteiger partial charge in [0, 0.05) is 13.2 Å². The highest BCUT2D eigenvalue weighted by Crippen LogP contribution is 2.13. The highest BCUT2D eigenvalue weighted by atomic mass is 35.5. The van der Waals surface area contributed by atoms with Crippen LogP contribution in [0.5, 0.6) is 0 Å². The fourth-order valence-corrected chi connectivity index (χ4v) is 3.03. The van der Waals surface area contributed by atoms with Crippen LogP contribution in [0.1, 0.15) is 110 Å². The Balaban J connectivity index is 0. The zero-order valence-corrected chi connectivity index (χ0v) is 17.6. The molecule has 0 radical (unpaired) electrons. The summed E-state index contributed by atoms with van der Waals surface area (Å²) in [4.78, 5) is 0. The van der Waals surface area contributed by atoms with Gasteiger partial charge < -0.3 is 10.1 Å². The molecule has 0 spiro atoms. The lowest BCUT2D eigenvalue weighted by Gasteiger charge is -2.04. The van der Waals surface area contributed by atoms with Crippen LogP contribution in [0.15, 0.2) is 0 Å². The first-order valence-electron chi connectivity index (χ1n) is 10.6. The van der Waals surface area contributed by atoms with Crippen LogP contribution >= 0.6 is 12.4 Å². The van der Waals surface area contributed by atoms with Crippen molar-refractivity contribution in [2.45, 2.75) is 110 Å². The third-order valence-electron chi connectivity index (χ3n) is 4.64. The van der Waals surface area contributed by atoms with E-state index in [1.54, 1.807) is 0 Å². The number of nitrogens with one attached hydrogen (secondary N) is 1. The van der Waals surface area contributed by atoms with E-state index in [1.165, 1.54) is 103 Å². The first kappa shape index (κ1) is 26.4. The van der Waals surface area contributed by atoms with Crippen LogP contribution in [0.4, 0.5) is 0 Å². The van der Waals surface area contributed by atoms with Crippen molar-refractivity contribution >= 4 is 12.4 Å². The molecule has 0 saturated heterocycles. The molecule has 3 heteroatoms. The van der Waals surface area contributed by atoms with Crippen molar-refractivity contribution < 1.29 is 4.74 Å². The lowest BCUT2D eigenvalue weighted by Crippen LogP contribution is -2.14. The third kappa shape index (κ3) is 24.5. The van der Waals surface area contributed by atoms with E-state index in [0.717, 1.165) is 19.8 Å². The standard InChI is InChI=1S/C21H45NO.ClH/c1-3-4-5-6-7-8-9-10-11-12-13-14-15-16-17-18-20-23-21-19-22-2;/h22H,3-21H2,1-2H3;1H. The van der Waals surface area contributed by atoms with Crippen LogP contribution in [0, 0.1) is 0 Å². The van der Waals surface area contributed by atoms with Gasteiger partial charge in [0.05, 0.1) is 6.61 Å². The van der Waals surface area contributed by atoms with Crippen molar-refractivity contribution in [1.29, 1.82) is 0 Å². The number of hydrogen-bond acceptors (Lipinski definition) is 2. The fraction of sp³-hybridized carbons (Fsp3) is 1.00. The van der Waals surface area contributed by atoms with Gasteiger partial charge in [-0.2, -0.15) is 0 Å². The Morgan fingerprint density at radius 2 is 0.917 bits per heavy atom. The van der Waals surface area contributed by atoms with Gasteiger partial charge in [-0.15, -0.1) is 12.4 Å². The fourth-order valence-electron chi connectivity index (χ4n) is 3.03. The molecular formula is C21H46ClNO. The molecule has 0 heterocycles. The van der Waals surface area contributed by atoms with E-state index in [1.807, 2.05) is 7.05 Å². The summed E-state index contributed by atoms with van der Waals surface area (Å²) >= 11 is 0. The second-order valence-electron chi connectivity index (χ2n) is 7.02. The molecule has 0 aliphatic heterocycles. The van der Waals surface area contributed by atoms with Crippen LogP contribution in [0.25, 0.3) is 0 Å². The lowest BCUT2D eigenvalue weighted by molar-refractivity contribution is 0.133. The second kappa shape index (κ2) is 25.5. The third-order valence-corrected chi connectivity index (χ3v) is 4.64. The van der Waals surface area contributed by atoms with Crippen LogP contribution in [-0.4, -0.2) is 26.8 Å². The van der Waals surface area contributed by atoms with Crippen LogP contribution in [-0.2, 0) is 4.74 Å². The van der Waals surface area contributed by atoms with Gasteiger partial charge >= 0.3 is 0 Å². The lowest BCUT2D eigenvalue weighted by atomic mass is 10.0. The van der Waals surface area contributed by atoms with Gasteiger partial charge in [-0.1, -0.05) is 103 Å². The Morgan fingerprint density at radius 3 is 1.29 bits per heavy atom. The van der Waals surface area contributed by atoms with Gasteiger partial charge in [0.1, 0.15) is 0 Å². The minimum atomic E-state index is 0. The van der Waals surface area contributed by atoms with E-state index < -0.39 is 0 Å². The summed E-state index contributed by atoms with van der Waals surface area (Å²) in [7, 11) is 1.97. The van der Waals surface area contributed by atoms with E-state index in [0.29, 0.717) is 0 Å². The average Bonchev–Trinajstić information content (AvgIpc) is 2.57. The summed E-state index contributed by atoms with van der Waals surface area (Å²) in [5.41, 5.74) is 0. The molecule has 0 aromatic heterocycles. The van der Waals surface area contributed by atoms with Gasteiger partial charge in [0.25, 0.3) is 0 Å².